The van der Waals surface area contributed by atoms with Gasteiger partial charge < -0.3 is 10.7 Å². The quantitative estimate of drug-likeness (QED) is 0.431. The molecular formula is C18H20N4O2. The highest BCUT2D eigenvalue weighted by Gasteiger charge is 2.37. The Balaban J connectivity index is 1.59. The molecule has 124 valence electrons. The summed E-state index contributed by atoms with van der Waals surface area (Å²) < 4.78 is 0. The lowest BCUT2D eigenvalue weighted by Crippen LogP contribution is -2.31. The van der Waals surface area contributed by atoms with Gasteiger partial charge in [-0.3, -0.25) is 15.5 Å². The summed E-state index contributed by atoms with van der Waals surface area (Å²) in [5.74, 6) is 5.17. The Morgan fingerprint density at radius 2 is 1.71 bits per heavy atom. The lowest BCUT2D eigenvalue weighted by Gasteiger charge is -2.13. The monoisotopic (exact) mass is 324 g/mol. The van der Waals surface area contributed by atoms with E-state index >= 15 is 0 Å². The number of nitrogen functional groups attached to an aromatic ring is 1. The molecule has 3 rings (SSSR count). The third-order valence-electron chi connectivity index (χ3n) is 4.13. The van der Waals surface area contributed by atoms with Crippen LogP contribution in [0.4, 0.5) is 10.5 Å². The Morgan fingerprint density at radius 3 is 2.38 bits per heavy atom. The maximum atomic E-state index is 12.5. The summed E-state index contributed by atoms with van der Waals surface area (Å²) in [5, 5.41) is 2.77. The van der Waals surface area contributed by atoms with Crippen LogP contribution in [0.2, 0.25) is 0 Å². The number of aryl methyl sites for hydroxylation is 1. The standard InChI is InChI=1S/C18H20N4O2/c19-21-15-9-6-13(7-10-15)8-11-16-17(23)22(18(24)20-16)12-14-4-2-1-3-5-14/h1-7,9-10,16,21H,8,11-12,19H2,(H,20,24). The minimum absolute atomic E-state index is 0.163. The summed E-state index contributed by atoms with van der Waals surface area (Å²) in [7, 11) is 0. The fourth-order valence-electron chi connectivity index (χ4n) is 2.77. The van der Waals surface area contributed by atoms with Crippen LogP contribution in [0.25, 0.3) is 0 Å². The molecule has 1 aliphatic rings. The van der Waals surface area contributed by atoms with Crippen LogP contribution < -0.4 is 16.6 Å². The molecule has 4 N–H and O–H groups in total. The van der Waals surface area contributed by atoms with Gasteiger partial charge in [0.1, 0.15) is 6.04 Å². The van der Waals surface area contributed by atoms with Crippen molar-refractivity contribution < 1.29 is 9.59 Å². The van der Waals surface area contributed by atoms with Crippen molar-refractivity contribution in [1.82, 2.24) is 10.2 Å². The molecule has 0 saturated carbocycles. The second-order valence-electron chi connectivity index (χ2n) is 5.79. The van der Waals surface area contributed by atoms with Crippen molar-refractivity contribution in [1.29, 1.82) is 0 Å². The number of anilines is 1. The number of nitrogens with one attached hydrogen (secondary N) is 2. The molecule has 1 heterocycles. The van der Waals surface area contributed by atoms with Crippen molar-refractivity contribution in [2.24, 2.45) is 5.84 Å². The first-order valence-corrected chi connectivity index (χ1v) is 7.89. The molecule has 6 nitrogen and oxygen atoms in total. The maximum Gasteiger partial charge on any atom is 0.325 e. The number of carbonyl (C=O) groups excluding carboxylic acids is 2. The topological polar surface area (TPSA) is 87.5 Å². The van der Waals surface area contributed by atoms with Crippen LogP contribution in [0.5, 0.6) is 0 Å². The first kappa shape index (κ1) is 16.0. The third-order valence-corrected chi connectivity index (χ3v) is 4.13. The summed E-state index contributed by atoms with van der Waals surface area (Å²) >= 11 is 0. The van der Waals surface area contributed by atoms with Gasteiger partial charge in [0.2, 0.25) is 0 Å². The molecule has 24 heavy (non-hydrogen) atoms. The number of benzene rings is 2. The number of imide groups is 1. The number of nitrogens with two attached hydrogens (primary N) is 1. The molecule has 0 aromatic heterocycles. The van der Waals surface area contributed by atoms with Gasteiger partial charge in [0, 0.05) is 5.69 Å². The Kier molecular flexibility index (Phi) is 4.77. The Labute approximate surface area is 140 Å². The molecule has 2 aromatic carbocycles. The Hall–Kier alpha value is -2.86. The molecule has 1 aliphatic heterocycles. The van der Waals surface area contributed by atoms with Crippen molar-refractivity contribution in [3.8, 4) is 0 Å². The van der Waals surface area contributed by atoms with E-state index in [0.29, 0.717) is 19.4 Å². The maximum absolute atomic E-state index is 12.5. The van der Waals surface area contributed by atoms with Crippen LogP contribution in [0.3, 0.4) is 0 Å². The van der Waals surface area contributed by atoms with Crippen LogP contribution in [0.15, 0.2) is 54.6 Å². The predicted octanol–water partition coefficient (Wildman–Crippen LogP) is 2.03. The molecule has 2 aromatic rings. The van der Waals surface area contributed by atoms with Crippen LogP contribution in [0.1, 0.15) is 17.5 Å². The highest BCUT2D eigenvalue weighted by Crippen LogP contribution is 2.17. The first-order chi connectivity index (χ1) is 11.7. The number of amides is 3. The molecule has 6 heteroatoms. The summed E-state index contributed by atoms with van der Waals surface area (Å²) in [6.45, 7) is 0.304. The number of carbonyl (C=O) groups is 2. The van der Waals surface area contributed by atoms with E-state index in [4.69, 9.17) is 5.84 Å². The average molecular weight is 324 g/mol. The van der Waals surface area contributed by atoms with E-state index < -0.39 is 6.04 Å². The predicted molar refractivity (Wildman–Crippen MR) is 91.9 cm³/mol. The fraction of sp³-hybridized carbons (Fsp3) is 0.222. The van der Waals surface area contributed by atoms with E-state index in [2.05, 4.69) is 10.7 Å². The fourth-order valence-corrected chi connectivity index (χ4v) is 2.77. The number of hydrogen-bond donors (Lipinski definition) is 3. The zero-order valence-corrected chi connectivity index (χ0v) is 13.2. The second kappa shape index (κ2) is 7.14. The molecule has 0 radical (unpaired) electrons. The minimum atomic E-state index is -0.464. The second-order valence-corrected chi connectivity index (χ2v) is 5.79. The van der Waals surface area contributed by atoms with Crippen molar-refractivity contribution in [2.45, 2.75) is 25.4 Å². The summed E-state index contributed by atoms with van der Waals surface area (Å²) in [6, 6.07) is 16.4. The van der Waals surface area contributed by atoms with E-state index in [9.17, 15) is 9.59 Å². The minimum Gasteiger partial charge on any atom is -0.326 e. The molecule has 3 amide bonds. The smallest absolute Gasteiger partial charge is 0.325 e. The van der Waals surface area contributed by atoms with E-state index in [-0.39, 0.29) is 11.9 Å². The van der Waals surface area contributed by atoms with Crippen LogP contribution >= 0.6 is 0 Å². The van der Waals surface area contributed by atoms with Crippen molar-refractivity contribution in [2.75, 3.05) is 5.43 Å². The number of nitrogens with zero attached hydrogens (tertiary/aromatic N) is 1. The summed E-state index contributed by atoms with van der Waals surface area (Å²) in [6.07, 6.45) is 1.28. The molecule has 1 atom stereocenters. The SMILES string of the molecule is NNc1ccc(CCC2NC(=O)N(Cc3ccccc3)C2=O)cc1. The lowest BCUT2D eigenvalue weighted by atomic mass is 10.0. The van der Waals surface area contributed by atoms with Gasteiger partial charge in [-0.15, -0.1) is 0 Å². The number of hydrazine groups is 1. The van der Waals surface area contributed by atoms with Gasteiger partial charge in [0.25, 0.3) is 5.91 Å². The normalized spacial score (nSPS) is 17.0. The highest BCUT2D eigenvalue weighted by atomic mass is 16.2. The van der Waals surface area contributed by atoms with Gasteiger partial charge in [-0.1, -0.05) is 42.5 Å². The highest BCUT2D eigenvalue weighted by molar-refractivity contribution is 6.04. The zero-order valence-electron chi connectivity index (χ0n) is 13.2. The van der Waals surface area contributed by atoms with Gasteiger partial charge in [-0.25, -0.2) is 4.79 Å². The molecule has 1 saturated heterocycles. The number of rotatable bonds is 6. The third kappa shape index (κ3) is 3.55. The molecule has 1 unspecified atom stereocenters. The van der Waals surface area contributed by atoms with Crippen molar-refractivity contribution >= 4 is 17.6 Å². The van der Waals surface area contributed by atoms with E-state index in [1.807, 2.05) is 54.6 Å². The molecule has 0 spiro atoms. The van der Waals surface area contributed by atoms with Crippen LogP contribution in [-0.4, -0.2) is 22.9 Å². The zero-order chi connectivity index (χ0) is 16.9. The number of hydrogen-bond acceptors (Lipinski definition) is 4. The molecular weight excluding hydrogens is 304 g/mol. The van der Waals surface area contributed by atoms with E-state index in [1.165, 1.54) is 4.90 Å². The van der Waals surface area contributed by atoms with Gasteiger partial charge in [0.05, 0.1) is 6.54 Å². The Bertz CT molecular complexity index is 716. The average Bonchev–Trinajstić information content (AvgIpc) is 2.89. The van der Waals surface area contributed by atoms with Gasteiger partial charge in [0.15, 0.2) is 0 Å². The van der Waals surface area contributed by atoms with E-state index in [1.54, 1.807) is 0 Å². The summed E-state index contributed by atoms with van der Waals surface area (Å²) in [4.78, 5) is 25.8. The van der Waals surface area contributed by atoms with Gasteiger partial charge in [-0.05, 0) is 36.1 Å². The lowest BCUT2D eigenvalue weighted by molar-refractivity contribution is -0.128. The molecule has 1 fully saturated rings. The number of urea groups is 1. The van der Waals surface area contributed by atoms with Gasteiger partial charge in [-0.2, -0.15) is 0 Å². The van der Waals surface area contributed by atoms with Crippen LogP contribution in [0, 0.1) is 0 Å². The van der Waals surface area contributed by atoms with Crippen molar-refractivity contribution in [3.63, 3.8) is 0 Å². The van der Waals surface area contributed by atoms with Crippen molar-refractivity contribution in [3.05, 3.63) is 65.7 Å². The van der Waals surface area contributed by atoms with Gasteiger partial charge >= 0.3 is 6.03 Å². The largest absolute Gasteiger partial charge is 0.326 e. The molecule has 0 bridgehead atoms. The van der Waals surface area contributed by atoms with Crippen LogP contribution in [-0.2, 0) is 17.8 Å². The Morgan fingerprint density at radius 1 is 1.00 bits per heavy atom. The van der Waals surface area contributed by atoms with E-state index in [0.717, 1.165) is 16.8 Å². The molecule has 0 aliphatic carbocycles. The summed E-state index contributed by atoms with van der Waals surface area (Å²) in [5.41, 5.74) is 5.44. The first-order valence-electron chi connectivity index (χ1n) is 7.89.